The monoisotopic (exact) mass is 278 g/mol. The number of nitrogens with one attached hydrogen (secondary N) is 1. The Morgan fingerprint density at radius 1 is 1.40 bits per heavy atom. The molecule has 2 rings (SSSR count). The number of rotatable bonds is 7. The van der Waals surface area contributed by atoms with Crippen molar-refractivity contribution in [1.82, 2.24) is 20.3 Å². The van der Waals surface area contributed by atoms with Crippen molar-refractivity contribution in [3.8, 4) is 0 Å². The lowest BCUT2D eigenvalue weighted by atomic mass is 9.67. The highest BCUT2D eigenvalue weighted by Gasteiger charge is 2.35. The smallest absolute Gasteiger partial charge is 0.0833 e. The SMILES string of the molecule is CCCCC1CCC(CNC)(Cc2cn(C)nn2)CC1. The Kier molecular flexibility index (Phi) is 5.58. The molecule has 1 aromatic rings. The summed E-state index contributed by atoms with van der Waals surface area (Å²) in [5.74, 6) is 0.960. The molecular weight excluding hydrogens is 248 g/mol. The second-order valence-electron chi connectivity index (χ2n) is 6.68. The summed E-state index contributed by atoms with van der Waals surface area (Å²) in [6, 6.07) is 0. The van der Waals surface area contributed by atoms with E-state index >= 15 is 0 Å². The highest BCUT2D eigenvalue weighted by molar-refractivity contribution is 5.01. The van der Waals surface area contributed by atoms with Crippen molar-refractivity contribution in [3.05, 3.63) is 11.9 Å². The van der Waals surface area contributed by atoms with Crippen LogP contribution in [0.4, 0.5) is 0 Å². The van der Waals surface area contributed by atoms with Crippen LogP contribution in [0.2, 0.25) is 0 Å². The molecule has 1 N–H and O–H groups in total. The van der Waals surface area contributed by atoms with Crippen LogP contribution in [0.3, 0.4) is 0 Å². The molecule has 0 atom stereocenters. The number of hydrogen-bond acceptors (Lipinski definition) is 3. The first-order valence-electron chi connectivity index (χ1n) is 8.17. The molecule has 0 unspecified atom stereocenters. The van der Waals surface area contributed by atoms with E-state index in [-0.39, 0.29) is 0 Å². The summed E-state index contributed by atoms with van der Waals surface area (Å²) in [7, 11) is 4.02. The summed E-state index contributed by atoms with van der Waals surface area (Å²) in [6.07, 6.45) is 12.7. The van der Waals surface area contributed by atoms with Crippen LogP contribution in [-0.2, 0) is 13.5 Å². The topological polar surface area (TPSA) is 42.7 Å². The Morgan fingerprint density at radius 3 is 2.70 bits per heavy atom. The van der Waals surface area contributed by atoms with Gasteiger partial charge in [0.05, 0.1) is 5.69 Å². The fourth-order valence-electron chi connectivity index (χ4n) is 3.72. The molecule has 20 heavy (non-hydrogen) atoms. The molecule has 1 aromatic heterocycles. The molecular formula is C16H30N4. The van der Waals surface area contributed by atoms with Gasteiger partial charge in [0.2, 0.25) is 0 Å². The molecule has 0 spiro atoms. The summed E-state index contributed by atoms with van der Waals surface area (Å²) in [5, 5.41) is 11.8. The number of nitrogens with zero attached hydrogens (tertiary/aromatic N) is 3. The number of aryl methyl sites for hydroxylation is 1. The van der Waals surface area contributed by atoms with E-state index in [1.54, 1.807) is 0 Å². The number of hydrogen-bond donors (Lipinski definition) is 1. The molecule has 1 heterocycles. The zero-order chi connectivity index (χ0) is 14.4. The Bertz CT molecular complexity index is 391. The van der Waals surface area contributed by atoms with Crippen LogP contribution < -0.4 is 5.32 Å². The van der Waals surface area contributed by atoms with Crippen LogP contribution in [0.1, 0.15) is 57.6 Å². The van der Waals surface area contributed by atoms with Gasteiger partial charge in [-0.05, 0) is 50.5 Å². The van der Waals surface area contributed by atoms with E-state index in [1.165, 1.54) is 44.9 Å². The number of unbranched alkanes of at least 4 members (excludes halogenated alkanes) is 1. The molecule has 1 fully saturated rings. The van der Waals surface area contributed by atoms with Crippen LogP contribution in [0, 0.1) is 11.3 Å². The highest BCUT2D eigenvalue weighted by atomic mass is 15.4. The van der Waals surface area contributed by atoms with Gasteiger partial charge in [-0.1, -0.05) is 31.4 Å². The maximum absolute atomic E-state index is 4.29. The third kappa shape index (κ3) is 4.05. The third-order valence-electron chi connectivity index (χ3n) is 4.89. The van der Waals surface area contributed by atoms with Gasteiger partial charge in [-0.3, -0.25) is 4.68 Å². The molecule has 1 saturated carbocycles. The van der Waals surface area contributed by atoms with E-state index in [0.29, 0.717) is 5.41 Å². The quantitative estimate of drug-likeness (QED) is 0.834. The predicted octanol–water partition coefficient (Wildman–Crippen LogP) is 2.94. The molecule has 0 radical (unpaired) electrons. The third-order valence-corrected chi connectivity index (χ3v) is 4.89. The zero-order valence-corrected chi connectivity index (χ0v) is 13.4. The van der Waals surface area contributed by atoms with Gasteiger partial charge in [-0.25, -0.2) is 0 Å². The minimum absolute atomic E-state index is 0.396. The van der Waals surface area contributed by atoms with Crippen molar-refractivity contribution in [3.63, 3.8) is 0 Å². The zero-order valence-electron chi connectivity index (χ0n) is 13.4. The van der Waals surface area contributed by atoms with Crippen molar-refractivity contribution in [2.75, 3.05) is 13.6 Å². The molecule has 4 nitrogen and oxygen atoms in total. The molecule has 0 aliphatic heterocycles. The summed E-state index contributed by atoms with van der Waals surface area (Å²) in [6.45, 7) is 3.40. The summed E-state index contributed by atoms with van der Waals surface area (Å²) in [5.41, 5.74) is 1.54. The molecule has 0 saturated heterocycles. The van der Waals surface area contributed by atoms with E-state index in [4.69, 9.17) is 0 Å². The fourth-order valence-corrected chi connectivity index (χ4v) is 3.72. The van der Waals surface area contributed by atoms with Gasteiger partial charge < -0.3 is 5.32 Å². The van der Waals surface area contributed by atoms with Crippen molar-refractivity contribution in [1.29, 1.82) is 0 Å². The fraction of sp³-hybridized carbons (Fsp3) is 0.875. The average molecular weight is 278 g/mol. The normalized spacial score (nSPS) is 26.9. The van der Waals surface area contributed by atoms with Gasteiger partial charge in [0, 0.05) is 19.8 Å². The van der Waals surface area contributed by atoms with Crippen molar-refractivity contribution >= 4 is 0 Å². The molecule has 4 heteroatoms. The van der Waals surface area contributed by atoms with Crippen LogP contribution in [0.15, 0.2) is 6.20 Å². The van der Waals surface area contributed by atoms with Gasteiger partial charge in [0.15, 0.2) is 0 Å². The maximum atomic E-state index is 4.29. The largest absolute Gasteiger partial charge is 0.319 e. The first kappa shape index (κ1) is 15.5. The Labute approximate surface area is 123 Å². The summed E-state index contributed by atoms with van der Waals surface area (Å²) < 4.78 is 1.81. The Morgan fingerprint density at radius 2 is 2.15 bits per heavy atom. The van der Waals surface area contributed by atoms with E-state index < -0.39 is 0 Å². The van der Waals surface area contributed by atoms with E-state index in [9.17, 15) is 0 Å². The van der Waals surface area contributed by atoms with E-state index in [0.717, 1.165) is 24.6 Å². The minimum Gasteiger partial charge on any atom is -0.319 e. The average Bonchev–Trinajstić information content (AvgIpc) is 2.84. The first-order chi connectivity index (χ1) is 9.67. The first-order valence-corrected chi connectivity index (χ1v) is 8.17. The Balaban J connectivity index is 1.94. The van der Waals surface area contributed by atoms with E-state index in [2.05, 4.69) is 35.8 Å². The maximum Gasteiger partial charge on any atom is 0.0833 e. The van der Waals surface area contributed by atoms with Gasteiger partial charge >= 0.3 is 0 Å². The standard InChI is InChI=1S/C16H30N4/c1-4-5-6-14-7-9-16(10-8-14,13-17-2)11-15-12-20(3)19-18-15/h12,14,17H,4-11,13H2,1-3H3. The lowest BCUT2D eigenvalue weighted by Gasteiger charge is -2.40. The van der Waals surface area contributed by atoms with Crippen LogP contribution in [-0.4, -0.2) is 28.6 Å². The van der Waals surface area contributed by atoms with Crippen molar-refractivity contribution in [2.45, 2.75) is 58.3 Å². The minimum atomic E-state index is 0.396. The molecule has 1 aliphatic carbocycles. The Hall–Kier alpha value is -0.900. The van der Waals surface area contributed by atoms with Gasteiger partial charge in [-0.2, -0.15) is 0 Å². The van der Waals surface area contributed by atoms with Crippen LogP contribution in [0.25, 0.3) is 0 Å². The number of aromatic nitrogens is 3. The van der Waals surface area contributed by atoms with Crippen molar-refractivity contribution in [2.24, 2.45) is 18.4 Å². The van der Waals surface area contributed by atoms with Gasteiger partial charge in [0.1, 0.15) is 0 Å². The summed E-state index contributed by atoms with van der Waals surface area (Å²) in [4.78, 5) is 0. The lowest BCUT2D eigenvalue weighted by Crippen LogP contribution is -2.38. The van der Waals surface area contributed by atoms with Crippen molar-refractivity contribution < 1.29 is 0 Å². The lowest BCUT2D eigenvalue weighted by molar-refractivity contribution is 0.140. The molecule has 114 valence electrons. The van der Waals surface area contributed by atoms with Gasteiger partial charge in [-0.15, -0.1) is 5.10 Å². The molecule has 1 aliphatic rings. The van der Waals surface area contributed by atoms with Crippen LogP contribution in [0.5, 0.6) is 0 Å². The van der Waals surface area contributed by atoms with E-state index in [1.807, 2.05) is 11.7 Å². The molecule has 0 bridgehead atoms. The molecule has 0 aromatic carbocycles. The second-order valence-corrected chi connectivity index (χ2v) is 6.68. The summed E-state index contributed by atoms with van der Waals surface area (Å²) >= 11 is 0. The second kappa shape index (κ2) is 7.21. The predicted molar refractivity (Wildman–Crippen MR) is 82.5 cm³/mol. The van der Waals surface area contributed by atoms with Crippen LogP contribution >= 0.6 is 0 Å². The molecule has 0 amide bonds. The highest BCUT2D eigenvalue weighted by Crippen LogP contribution is 2.42. The van der Waals surface area contributed by atoms with Gasteiger partial charge in [0.25, 0.3) is 0 Å².